The zero-order valence-electron chi connectivity index (χ0n) is 44.3. The van der Waals surface area contributed by atoms with Crippen LogP contribution in [0.25, 0.3) is 0 Å². The second kappa shape index (κ2) is 30.3. The highest BCUT2D eigenvalue weighted by atomic mass is 16.6. The molecule has 16 heteroatoms. The van der Waals surface area contributed by atoms with Gasteiger partial charge in [-0.25, -0.2) is 28.8 Å². The van der Waals surface area contributed by atoms with Gasteiger partial charge in [0.2, 0.25) is 0 Å². The molecule has 0 unspecified atom stereocenters. The van der Waals surface area contributed by atoms with Crippen molar-refractivity contribution in [1.82, 2.24) is 0 Å². The largest absolute Gasteiger partial charge is 0.496 e. The summed E-state index contributed by atoms with van der Waals surface area (Å²) in [6.07, 6.45) is 12.2. The van der Waals surface area contributed by atoms with E-state index in [0.29, 0.717) is 100 Å². The number of hydrogen-bond donors (Lipinski definition) is 0. The van der Waals surface area contributed by atoms with Crippen LogP contribution >= 0.6 is 0 Å². The Hall–Kier alpha value is -8.14. The molecule has 0 heterocycles. The lowest BCUT2D eigenvalue weighted by Crippen LogP contribution is -2.10. The summed E-state index contributed by atoms with van der Waals surface area (Å²) in [6.45, 7) is 7.61. The van der Waals surface area contributed by atoms with Gasteiger partial charge in [-0.1, -0.05) is 61.7 Å². The predicted molar refractivity (Wildman–Crippen MR) is 283 cm³/mol. The summed E-state index contributed by atoms with van der Waals surface area (Å²) in [4.78, 5) is 71.9. The van der Waals surface area contributed by atoms with Gasteiger partial charge in [0.15, 0.2) is 0 Å². The normalized spacial score (nSPS) is 11.8. The van der Waals surface area contributed by atoms with Crippen molar-refractivity contribution in [2.45, 2.75) is 77.0 Å². The maximum absolute atomic E-state index is 12.4. The fraction of sp³-hybridized carbons (Fsp3) is 0.367. The van der Waals surface area contributed by atoms with E-state index in [0.717, 1.165) is 103 Å². The smallest absolute Gasteiger partial charge is 0.331 e. The highest BCUT2D eigenvalue weighted by Crippen LogP contribution is 2.41. The van der Waals surface area contributed by atoms with Crippen molar-refractivity contribution in [3.63, 3.8) is 0 Å². The van der Waals surface area contributed by atoms with E-state index in [4.69, 9.17) is 37.9 Å². The Labute approximate surface area is 444 Å². The van der Waals surface area contributed by atoms with Crippen LogP contribution in [0.1, 0.15) is 92.4 Å². The number of carbonyl (C=O) groups is 6. The third-order valence-corrected chi connectivity index (χ3v) is 12.4. The van der Waals surface area contributed by atoms with Gasteiger partial charge in [0.05, 0.1) is 69.1 Å². The van der Waals surface area contributed by atoms with Crippen LogP contribution in [0.15, 0.2) is 98.1 Å². The van der Waals surface area contributed by atoms with Crippen molar-refractivity contribution in [1.29, 1.82) is 0 Å². The van der Waals surface area contributed by atoms with Gasteiger partial charge in [0.1, 0.15) is 23.0 Å². The molecule has 0 N–H and O–H groups in total. The van der Waals surface area contributed by atoms with E-state index in [-0.39, 0.29) is 26.4 Å². The molecule has 16 nitrogen and oxygen atoms in total. The van der Waals surface area contributed by atoms with Crippen LogP contribution in [0, 0.1) is 0 Å². The quantitative estimate of drug-likeness (QED) is 0.0223. The number of fused-ring (bicyclic) bond motifs is 8. The third-order valence-electron chi connectivity index (χ3n) is 12.4. The number of esters is 6. The molecule has 0 saturated heterocycles. The molecule has 1 aliphatic rings. The van der Waals surface area contributed by atoms with E-state index < -0.39 is 35.8 Å². The number of carbonyl (C=O) groups excluding carboxylic acids is 6. The number of rotatable bonds is 26. The SMILES string of the molecule is C=CC(=O)OCCCc1cc2c(OC)c(c1)Cc1cc(CCCOC(=O)/C=C\C(=O)OC)cc(c1OC)Cc1cc(CCCOC(=O)C=C)cc(c1OC)Cc1cc(CCCOC(=O)/C=C\C(=O)OC)cc(c1OC)C2. The van der Waals surface area contributed by atoms with Gasteiger partial charge in [-0.2, -0.15) is 0 Å². The summed E-state index contributed by atoms with van der Waals surface area (Å²) in [5, 5.41) is 0. The standard InChI is InChI=1S/C60H68O16/c1-9-51(61)73-23-11-15-39-27-43-35-47-31-41(17-13-25-75-55(65)21-19-53(63)67-3)33-49(59(47)71-7)37-45-29-40(16-12-24-74-52(62)10-2)30-46(58(45)70-6)38-50-34-42(18-14-26-76-56(66)22-20-54(64)68-4)32-48(60(50)72-8)36-44(28-39)57(43)69-5/h9-10,19-22,27-34H,1-2,11-18,23-26,35-38H2,3-8H3/b21-19-,22-20-. The summed E-state index contributed by atoms with van der Waals surface area (Å²) in [5.74, 6) is -0.961. The molecule has 0 saturated carbocycles. The lowest BCUT2D eigenvalue weighted by molar-refractivity contribution is -0.139. The number of hydrogen-bond acceptors (Lipinski definition) is 16. The van der Waals surface area contributed by atoms with Gasteiger partial charge < -0.3 is 47.4 Å². The summed E-state index contributed by atoms with van der Waals surface area (Å²) in [5.41, 5.74) is 11.0. The zero-order valence-corrected chi connectivity index (χ0v) is 44.3. The average molecular weight is 1050 g/mol. The van der Waals surface area contributed by atoms with Crippen LogP contribution in [-0.2, 0) is 109 Å². The molecule has 0 amide bonds. The topological polar surface area (TPSA) is 195 Å². The molecular weight excluding hydrogens is 977 g/mol. The highest BCUT2D eigenvalue weighted by Gasteiger charge is 2.24. The second-order valence-corrected chi connectivity index (χ2v) is 17.7. The van der Waals surface area contributed by atoms with Gasteiger partial charge in [0.25, 0.3) is 0 Å². The molecule has 404 valence electrons. The molecule has 76 heavy (non-hydrogen) atoms. The first-order valence-corrected chi connectivity index (χ1v) is 24.9. The lowest BCUT2D eigenvalue weighted by atomic mass is 9.87. The van der Waals surface area contributed by atoms with Crippen molar-refractivity contribution in [3.8, 4) is 23.0 Å². The van der Waals surface area contributed by atoms with Crippen molar-refractivity contribution in [2.24, 2.45) is 0 Å². The van der Waals surface area contributed by atoms with Crippen LogP contribution in [-0.4, -0.2) is 105 Å². The molecular formula is C60H68O16. The van der Waals surface area contributed by atoms with Crippen LogP contribution < -0.4 is 18.9 Å². The minimum Gasteiger partial charge on any atom is -0.496 e. The molecule has 0 radical (unpaired) electrons. The fourth-order valence-electron chi connectivity index (χ4n) is 9.22. The maximum atomic E-state index is 12.4. The molecule has 1 aliphatic carbocycles. The Morgan fingerprint density at radius 1 is 0.355 bits per heavy atom. The Balaban J connectivity index is 1.70. The van der Waals surface area contributed by atoms with Crippen molar-refractivity contribution < 1.29 is 76.1 Å². The minimum absolute atomic E-state index is 0.0958. The lowest BCUT2D eigenvalue weighted by Gasteiger charge is -2.23. The molecule has 5 rings (SSSR count). The first-order chi connectivity index (χ1) is 36.8. The van der Waals surface area contributed by atoms with E-state index in [1.165, 1.54) is 14.2 Å². The molecule has 0 spiro atoms. The van der Waals surface area contributed by atoms with Gasteiger partial charge >= 0.3 is 35.8 Å². The number of benzene rings is 4. The third kappa shape index (κ3) is 17.5. The van der Waals surface area contributed by atoms with Gasteiger partial charge in [-0.15, -0.1) is 0 Å². The molecule has 4 aromatic rings. The number of aryl methyl sites for hydroxylation is 4. The van der Waals surface area contributed by atoms with Crippen LogP contribution in [0.4, 0.5) is 0 Å². The monoisotopic (exact) mass is 1040 g/mol. The number of methoxy groups -OCH3 is 6. The van der Waals surface area contributed by atoms with E-state index in [9.17, 15) is 28.8 Å². The first kappa shape index (κ1) is 58.7. The summed E-state index contributed by atoms with van der Waals surface area (Å²) >= 11 is 0. The molecule has 0 fully saturated rings. The molecule has 8 bridgehead atoms. The van der Waals surface area contributed by atoms with Crippen molar-refractivity contribution in [2.75, 3.05) is 69.1 Å². The molecule has 0 atom stereocenters. The Morgan fingerprint density at radius 2 is 0.566 bits per heavy atom. The predicted octanol–water partition coefficient (Wildman–Crippen LogP) is 8.13. The summed E-state index contributed by atoms with van der Waals surface area (Å²) in [7, 11) is 9.04. The average Bonchev–Trinajstić information content (AvgIpc) is 3.42. The fourth-order valence-corrected chi connectivity index (χ4v) is 9.22. The zero-order chi connectivity index (χ0) is 55.0. The second-order valence-electron chi connectivity index (χ2n) is 17.7. The summed E-state index contributed by atoms with van der Waals surface area (Å²) < 4.78 is 56.1. The van der Waals surface area contributed by atoms with Gasteiger partial charge in [-0.05, 0) is 118 Å². The van der Waals surface area contributed by atoms with Gasteiger partial charge in [-0.3, -0.25) is 0 Å². The van der Waals surface area contributed by atoms with Crippen LogP contribution in [0.5, 0.6) is 23.0 Å². The van der Waals surface area contributed by atoms with E-state index in [2.05, 4.69) is 71.2 Å². The van der Waals surface area contributed by atoms with Gasteiger partial charge in [0, 0.05) is 62.1 Å². The molecule has 4 aromatic carbocycles. The Morgan fingerprint density at radius 3 is 0.763 bits per heavy atom. The van der Waals surface area contributed by atoms with E-state index in [1.54, 1.807) is 28.4 Å². The maximum Gasteiger partial charge on any atom is 0.331 e. The van der Waals surface area contributed by atoms with Crippen molar-refractivity contribution in [3.05, 3.63) is 165 Å². The number of ether oxygens (including phenoxy) is 10. The Kier molecular flexibility index (Phi) is 23.4. The molecule has 0 aromatic heterocycles. The van der Waals surface area contributed by atoms with Crippen LogP contribution in [0.3, 0.4) is 0 Å². The summed E-state index contributed by atoms with van der Waals surface area (Å²) in [6, 6.07) is 16.8. The minimum atomic E-state index is -0.666. The highest BCUT2D eigenvalue weighted by molar-refractivity contribution is 5.92. The van der Waals surface area contributed by atoms with E-state index >= 15 is 0 Å². The molecule has 0 aliphatic heterocycles. The van der Waals surface area contributed by atoms with Crippen LogP contribution in [0.2, 0.25) is 0 Å². The first-order valence-electron chi connectivity index (χ1n) is 24.9. The Bertz CT molecular complexity index is 2510. The van der Waals surface area contributed by atoms with Crippen molar-refractivity contribution >= 4 is 35.8 Å². The van der Waals surface area contributed by atoms with E-state index in [1.807, 2.05) is 0 Å².